The van der Waals surface area contributed by atoms with Gasteiger partial charge < -0.3 is 15.0 Å². The number of nitrogens with zero attached hydrogens (tertiary/aromatic N) is 1. The Labute approximate surface area is 155 Å². The molecule has 4 heteroatoms. The fraction of sp³-hybridized carbons (Fsp3) is 0.409. The van der Waals surface area contributed by atoms with Gasteiger partial charge in [-0.3, -0.25) is 4.79 Å². The molecule has 2 fully saturated rings. The highest BCUT2D eigenvalue weighted by Crippen LogP contribution is 2.33. The van der Waals surface area contributed by atoms with Crippen molar-refractivity contribution in [3.8, 4) is 11.1 Å². The summed E-state index contributed by atoms with van der Waals surface area (Å²) in [5.41, 5.74) is 3.36. The number of carbonyl (C=O) groups is 1. The Morgan fingerprint density at radius 2 is 1.69 bits per heavy atom. The highest BCUT2D eigenvalue weighted by Gasteiger charge is 2.43. The fourth-order valence-corrected chi connectivity index (χ4v) is 4.09. The summed E-state index contributed by atoms with van der Waals surface area (Å²) in [5, 5.41) is 3.41. The van der Waals surface area contributed by atoms with Crippen molar-refractivity contribution in [2.24, 2.45) is 5.41 Å². The van der Waals surface area contributed by atoms with E-state index in [2.05, 4.69) is 53.8 Å². The molecule has 0 saturated carbocycles. The number of benzene rings is 2. The van der Waals surface area contributed by atoms with Crippen molar-refractivity contribution < 1.29 is 9.53 Å². The van der Waals surface area contributed by atoms with Crippen LogP contribution in [0.3, 0.4) is 0 Å². The summed E-state index contributed by atoms with van der Waals surface area (Å²) in [7, 11) is 0. The van der Waals surface area contributed by atoms with E-state index in [1.165, 1.54) is 16.7 Å². The lowest BCUT2D eigenvalue weighted by Crippen LogP contribution is -2.50. The Hall–Kier alpha value is -2.17. The minimum atomic E-state index is -0.314. The summed E-state index contributed by atoms with van der Waals surface area (Å²) in [6.07, 6.45) is 1.70. The summed E-state index contributed by atoms with van der Waals surface area (Å²) in [4.78, 5) is 15.2. The van der Waals surface area contributed by atoms with Gasteiger partial charge in [0.1, 0.15) is 0 Å². The number of morpholine rings is 1. The zero-order valence-electron chi connectivity index (χ0n) is 15.1. The molecule has 2 aromatic carbocycles. The normalized spacial score (nSPS) is 23.2. The van der Waals surface area contributed by atoms with Gasteiger partial charge >= 0.3 is 0 Å². The number of hydrogen-bond acceptors (Lipinski definition) is 3. The average Bonchev–Trinajstić information content (AvgIpc) is 3.19. The maximum Gasteiger partial charge on any atom is 0.230 e. The van der Waals surface area contributed by atoms with E-state index < -0.39 is 0 Å². The lowest BCUT2D eigenvalue weighted by molar-refractivity contribution is -0.145. The lowest BCUT2D eigenvalue weighted by atomic mass is 9.79. The first-order chi connectivity index (χ1) is 12.8. The molecule has 26 heavy (non-hydrogen) atoms. The molecule has 0 aliphatic carbocycles. The van der Waals surface area contributed by atoms with Gasteiger partial charge in [0.2, 0.25) is 5.91 Å². The largest absolute Gasteiger partial charge is 0.378 e. The second kappa shape index (κ2) is 7.60. The second-order valence-electron chi connectivity index (χ2n) is 7.35. The van der Waals surface area contributed by atoms with E-state index in [1.54, 1.807) is 0 Å². The molecule has 2 heterocycles. The van der Waals surface area contributed by atoms with Crippen LogP contribution in [0.5, 0.6) is 0 Å². The van der Waals surface area contributed by atoms with Crippen molar-refractivity contribution in [3.63, 3.8) is 0 Å². The first kappa shape index (κ1) is 17.3. The second-order valence-corrected chi connectivity index (χ2v) is 7.35. The monoisotopic (exact) mass is 350 g/mol. The molecule has 0 bridgehead atoms. The lowest BCUT2D eigenvalue weighted by Gasteiger charge is -2.36. The Kier molecular flexibility index (Phi) is 5.05. The third kappa shape index (κ3) is 3.53. The van der Waals surface area contributed by atoms with Gasteiger partial charge in [-0.15, -0.1) is 0 Å². The molecule has 1 N–H and O–H groups in total. The van der Waals surface area contributed by atoms with Gasteiger partial charge in [0.15, 0.2) is 0 Å². The highest BCUT2D eigenvalue weighted by molar-refractivity contribution is 5.84. The van der Waals surface area contributed by atoms with Crippen LogP contribution in [0.4, 0.5) is 0 Å². The molecule has 0 radical (unpaired) electrons. The maximum atomic E-state index is 13.2. The molecule has 0 aromatic heterocycles. The number of hydrogen-bond donors (Lipinski definition) is 1. The summed E-state index contributed by atoms with van der Waals surface area (Å²) >= 11 is 0. The van der Waals surface area contributed by atoms with Crippen molar-refractivity contribution >= 4 is 5.91 Å². The van der Waals surface area contributed by atoms with Crippen LogP contribution in [0, 0.1) is 5.41 Å². The van der Waals surface area contributed by atoms with Gasteiger partial charge in [-0.05, 0) is 36.1 Å². The van der Waals surface area contributed by atoms with E-state index in [-0.39, 0.29) is 11.3 Å². The van der Waals surface area contributed by atoms with Gasteiger partial charge in [-0.25, -0.2) is 0 Å². The Morgan fingerprint density at radius 3 is 2.35 bits per heavy atom. The number of nitrogens with one attached hydrogen (secondary N) is 1. The molecule has 4 nitrogen and oxygen atoms in total. The maximum absolute atomic E-state index is 13.2. The molecular weight excluding hydrogens is 324 g/mol. The van der Waals surface area contributed by atoms with Gasteiger partial charge in [-0.1, -0.05) is 54.6 Å². The quantitative estimate of drug-likeness (QED) is 0.922. The van der Waals surface area contributed by atoms with E-state index >= 15 is 0 Å². The summed E-state index contributed by atoms with van der Waals surface area (Å²) in [6.45, 7) is 4.42. The van der Waals surface area contributed by atoms with Crippen molar-refractivity contribution in [2.45, 2.75) is 12.8 Å². The van der Waals surface area contributed by atoms with Crippen LogP contribution in [-0.4, -0.2) is 50.2 Å². The van der Waals surface area contributed by atoms with Crippen molar-refractivity contribution in [1.82, 2.24) is 10.2 Å². The molecule has 2 aliphatic rings. The van der Waals surface area contributed by atoms with E-state index in [9.17, 15) is 4.79 Å². The third-order valence-electron chi connectivity index (χ3n) is 5.60. The minimum absolute atomic E-state index is 0.290. The number of carbonyl (C=O) groups excluding carboxylic acids is 1. The van der Waals surface area contributed by atoms with Gasteiger partial charge in [0.05, 0.1) is 18.6 Å². The Morgan fingerprint density at radius 1 is 1.00 bits per heavy atom. The van der Waals surface area contributed by atoms with E-state index in [1.807, 2.05) is 11.0 Å². The molecule has 1 unspecified atom stereocenters. The molecule has 2 saturated heterocycles. The molecule has 1 amide bonds. The Bertz CT molecular complexity index is 730. The molecule has 1 atom stereocenters. The van der Waals surface area contributed by atoms with Crippen LogP contribution in [0.1, 0.15) is 12.0 Å². The van der Waals surface area contributed by atoms with Crippen molar-refractivity contribution in [3.05, 3.63) is 60.2 Å². The molecule has 136 valence electrons. The van der Waals surface area contributed by atoms with Crippen molar-refractivity contribution in [1.29, 1.82) is 0 Å². The standard InChI is InChI=1S/C22H26N2O2/c25-21(24-12-14-26-15-13-24)22(10-11-23-17-22)16-18-6-8-20(9-7-18)19-4-2-1-3-5-19/h1-9,23H,10-17H2. The topological polar surface area (TPSA) is 41.6 Å². The summed E-state index contributed by atoms with van der Waals surface area (Å²) in [6, 6.07) is 19.1. The van der Waals surface area contributed by atoms with Crippen LogP contribution in [0.2, 0.25) is 0 Å². The zero-order chi connectivity index (χ0) is 17.8. The first-order valence-electron chi connectivity index (χ1n) is 9.49. The number of amides is 1. The van der Waals surface area contributed by atoms with Crippen LogP contribution < -0.4 is 5.32 Å². The molecule has 2 aliphatic heterocycles. The molecule has 0 spiro atoms. The van der Waals surface area contributed by atoms with Crippen LogP contribution in [0.15, 0.2) is 54.6 Å². The van der Waals surface area contributed by atoms with Crippen molar-refractivity contribution in [2.75, 3.05) is 39.4 Å². The van der Waals surface area contributed by atoms with E-state index in [0.717, 1.165) is 25.9 Å². The zero-order valence-corrected chi connectivity index (χ0v) is 15.1. The Balaban J connectivity index is 1.52. The predicted molar refractivity (Wildman–Crippen MR) is 103 cm³/mol. The summed E-state index contributed by atoms with van der Waals surface area (Å²) < 4.78 is 5.41. The smallest absolute Gasteiger partial charge is 0.230 e. The SMILES string of the molecule is O=C(N1CCOCC1)C1(Cc2ccc(-c3ccccc3)cc2)CCNC1. The third-order valence-corrected chi connectivity index (χ3v) is 5.60. The van der Waals surface area contributed by atoms with Gasteiger partial charge in [0, 0.05) is 19.6 Å². The fourth-order valence-electron chi connectivity index (χ4n) is 4.09. The highest BCUT2D eigenvalue weighted by atomic mass is 16.5. The first-order valence-corrected chi connectivity index (χ1v) is 9.49. The molecular formula is C22H26N2O2. The van der Waals surface area contributed by atoms with Crippen LogP contribution in [0.25, 0.3) is 11.1 Å². The van der Waals surface area contributed by atoms with E-state index in [0.29, 0.717) is 26.3 Å². The van der Waals surface area contributed by atoms with E-state index in [4.69, 9.17) is 4.74 Å². The molecule has 4 rings (SSSR count). The number of rotatable bonds is 4. The van der Waals surface area contributed by atoms with Crippen LogP contribution >= 0.6 is 0 Å². The van der Waals surface area contributed by atoms with Crippen LogP contribution in [-0.2, 0) is 16.0 Å². The summed E-state index contributed by atoms with van der Waals surface area (Å²) in [5.74, 6) is 0.290. The predicted octanol–water partition coefficient (Wildman–Crippen LogP) is 2.73. The number of ether oxygens (including phenoxy) is 1. The molecule has 2 aromatic rings. The average molecular weight is 350 g/mol. The minimum Gasteiger partial charge on any atom is -0.378 e. The van der Waals surface area contributed by atoms with Gasteiger partial charge in [-0.2, -0.15) is 0 Å². The van der Waals surface area contributed by atoms with Gasteiger partial charge in [0.25, 0.3) is 0 Å².